The zero-order valence-electron chi connectivity index (χ0n) is 20.0. The van der Waals surface area contributed by atoms with Gasteiger partial charge in [-0.2, -0.15) is 0 Å². The third-order valence-electron chi connectivity index (χ3n) is 5.74. The molecule has 0 amide bonds. The first-order chi connectivity index (χ1) is 16.9. The van der Waals surface area contributed by atoms with Crippen molar-refractivity contribution in [2.24, 2.45) is 0 Å². The number of esters is 1. The minimum Gasteiger partial charge on any atom is -0.505 e. The summed E-state index contributed by atoms with van der Waals surface area (Å²) >= 11 is 0. The first-order valence-electron chi connectivity index (χ1n) is 11.7. The second kappa shape index (κ2) is 11.2. The molecule has 0 atom stereocenters. The maximum Gasteiger partial charge on any atom is 0.342 e. The lowest BCUT2D eigenvalue weighted by Gasteiger charge is -2.36. The van der Waals surface area contributed by atoms with Gasteiger partial charge < -0.3 is 19.5 Å². The van der Waals surface area contributed by atoms with Crippen molar-refractivity contribution in [1.29, 1.82) is 0 Å². The largest absolute Gasteiger partial charge is 0.505 e. The van der Waals surface area contributed by atoms with Crippen molar-refractivity contribution in [3.8, 4) is 11.5 Å². The van der Waals surface area contributed by atoms with Crippen molar-refractivity contribution in [2.75, 3.05) is 31.1 Å². The Morgan fingerprint density at radius 1 is 1.06 bits per heavy atom. The lowest BCUT2D eigenvalue weighted by atomic mass is 10.1. The monoisotopic (exact) mass is 479 g/mol. The van der Waals surface area contributed by atoms with E-state index in [0.717, 1.165) is 38.3 Å². The van der Waals surface area contributed by atoms with Gasteiger partial charge in [-0.1, -0.05) is 18.2 Å². The van der Waals surface area contributed by atoms with Gasteiger partial charge in [0.2, 0.25) is 0 Å². The predicted molar refractivity (Wildman–Crippen MR) is 131 cm³/mol. The lowest BCUT2D eigenvalue weighted by Crippen LogP contribution is -2.46. The fourth-order valence-corrected chi connectivity index (χ4v) is 4.01. The Balaban J connectivity index is 1.32. The van der Waals surface area contributed by atoms with E-state index in [2.05, 4.69) is 20.9 Å². The lowest BCUT2D eigenvalue weighted by molar-refractivity contribution is 0.0378. The second-order valence-electron chi connectivity index (χ2n) is 8.81. The first kappa shape index (κ1) is 24.5. The number of pyridine rings is 1. The zero-order chi connectivity index (χ0) is 24.8. The highest BCUT2D eigenvalue weighted by molar-refractivity contribution is 5.94. The van der Waals surface area contributed by atoms with E-state index in [4.69, 9.17) is 9.47 Å². The minimum atomic E-state index is -0.648. The summed E-state index contributed by atoms with van der Waals surface area (Å²) in [6, 6.07) is 15.6. The molecule has 0 aliphatic carbocycles. The number of phenolic OH excluding ortho intramolecular Hbond substituents is 1. The number of hydrogen-bond acceptors (Lipinski definition) is 7. The number of nitrogens with zero attached hydrogens (tertiary/aromatic N) is 3. The summed E-state index contributed by atoms with van der Waals surface area (Å²) < 4.78 is 24.5. The van der Waals surface area contributed by atoms with Gasteiger partial charge in [0.1, 0.15) is 23.7 Å². The van der Waals surface area contributed by atoms with E-state index in [1.54, 1.807) is 24.4 Å². The summed E-state index contributed by atoms with van der Waals surface area (Å²) in [5.74, 6) is 0.00389. The van der Waals surface area contributed by atoms with Crippen LogP contribution in [0.15, 0.2) is 60.8 Å². The third-order valence-corrected chi connectivity index (χ3v) is 5.74. The third kappa shape index (κ3) is 6.48. The van der Waals surface area contributed by atoms with Gasteiger partial charge in [0.25, 0.3) is 0 Å². The quantitative estimate of drug-likeness (QED) is 0.480. The van der Waals surface area contributed by atoms with Crippen LogP contribution >= 0.6 is 0 Å². The van der Waals surface area contributed by atoms with Crippen molar-refractivity contribution >= 4 is 11.8 Å². The number of aromatic hydroxyl groups is 1. The average molecular weight is 480 g/mol. The molecule has 1 N–H and O–H groups in total. The van der Waals surface area contributed by atoms with Gasteiger partial charge in [-0.05, 0) is 61.4 Å². The number of rotatable bonds is 8. The van der Waals surface area contributed by atoms with Gasteiger partial charge in [-0.15, -0.1) is 0 Å². The summed E-state index contributed by atoms with van der Waals surface area (Å²) in [5, 5.41) is 9.53. The van der Waals surface area contributed by atoms with Gasteiger partial charge in [-0.25, -0.2) is 14.2 Å². The number of phenols is 1. The maximum absolute atomic E-state index is 13.2. The minimum absolute atomic E-state index is 0.185. The van der Waals surface area contributed by atoms with Crippen molar-refractivity contribution in [3.05, 3.63) is 83.3 Å². The topological polar surface area (TPSA) is 75.1 Å². The number of hydrogen-bond donors (Lipinski definition) is 1. The number of ether oxygens (including phenoxy) is 2. The van der Waals surface area contributed by atoms with Crippen molar-refractivity contribution < 1.29 is 23.8 Å². The Bertz CT molecular complexity index is 1160. The molecule has 35 heavy (non-hydrogen) atoms. The normalized spacial score (nSPS) is 14.2. The van der Waals surface area contributed by atoms with Crippen LogP contribution in [0.3, 0.4) is 0 Å². The number of halogens is 1. The zero-order valence-corrected chi connectivity index (χ0v) is 20.0. The van der Waals surface area contributed by atoms with Crippen LogP contribution in [0.25, 0.3) is 0 Å². The fourth-order valence-electron chi connectivity index (χ4n) is 4.01. The van der Waals surface area contributed by atoms with Gasteiger partial charge in [0.05, 0.1) is 6.10 Å². The van der Waals surface area contributed by atoms with Crippen LogP contribution in [0, 0.1) is 5.82 Å². The summed E-state index contributed by atoms with van der Waals surface area (Å²) in [7, 11) is 0. The van der Waals surface area contributed by atoms with E-state index in [-0.39, 0.29) is 24.4 Å². The van der Waals surface area contributed by atoms with Crippen LogP contribution < -0.4 is 9.64 Å². The molecule has 1 fully saturated rings. The van der Waals surface area contributed by atoms with Crippen LogP contribution in [0.5, 0.6) is 11.5 Å². The van der Waals surface area contributed by atoms with Gasteiger partial charge in [0.15, 0.2) is 11.6 Å². The highest BCUT2D eigenvalue weighted by atomic mass is 19.1. The number of carbonyl (C=O) groups is 1. The molecule has 3 aromatic rings. The Morgan fingerprint density at radius 3 is 2.60 bits per heavy atom. The molecule has 0 unspecified atom stereocenters. The molecule has 0 spiro atoms. The molecule has 1 aromatic heterocycles. The molecule has 1 aliphatic rings. The Labute approximate surface area is 204 Å². The molecule has 4 rings (SSSR count). The second-order valence-corrected chi connectivity index (χ2v) is 8.81. The predicted octanol–water partition coefficient (Wildman–Crippen LogP) is 4.39. The van der Waals surface area contributed by atoms with E-state index >= 15 is 0 Å². The number of piperazine rings is 1. The van der Waals surface area contributed by atoms with E-state index in [0.29, 0.717) is 22.7 Å². The molecule has 2 heterocycles. The molecule has 8 heteroatoms. The maximum atomic E-state index is 13.2. The molecule has 1 aliphatic heterocycles. The van der Waals surface area contributed by atoms with Crippen LogP contribution in [0.2, 0.25) is 0 Å². The molecule has 7 nitrogen and oxygen atoms in total. The fraction of sp³-hybridized carbons (Fsp3) is 0.333. The molecule has 0 radical (unpaired) electrons. The summed E-state index contributed by atoms with van der Waals surface area (Å²) in [6.07, 6.45) is 1.52. The highest BCUT2D eigenvalue weighted by Gasteiger charge is 2.23. The van der Waals surface area contributed by atoms with E-state index < -0.39 is 5.82 Å². The van der Waals surface area contributed by atoms with Gasteiger partial charge in [-0.3, -0.25) is 4.90 Å². The summed E-state index contributed by atoms with van der Waals surface area (Å²) in [4.78, 5) is 21.4. The van der Waals surface area contributed by atoms with E-state index in [9.17, 15) is 14.3 Å². The molecular formula is C27H30FN3O4. The summed E-state index contributed by atoms with van der Waals surface area (Å²) in [5.41, 5.74) is 2.31. The van der Waals surface area contributed by atoms with E-state index in [1.807, 2.05) is 32.0 Å². The number of carbonyl (C=O) groups excluding carboxylic acids is 1. The SMILES string of the molecule is CC(C)OC(=O)c1cccnc1N1CCN(Cc2cccc(OCc3ccc(F)c(O)c3)c2)CC1. The van der Waals surface area contributed by atoms with Crippen molar-refractivity contribution in [2.45, 2.75) is 33.1 Å². The molecule has 2 aromatic carbocycles. The standard InChI is InChI=1S/C27H30FN3O4/c1-19(2)35-27(33)23-7-4-10-29-26(23)31-13-11-30(12-14-31)17-20-5-3-6-22(15-20)34-18-21-8-9-24(28)25(32)16-21/h3-10,15-16,19,32H,11-14,17-18H2,1-2H3. The van der Waals surface area contributed by atoms with Gasteiger partial charge >= 0.3 is 5.97 Å². The Hall–Kier alpha value is -3.65. The average Bonchev–Trinajstić information content (AvgIpc) is 2.85. The number of aromatic nitrogens is 1. The molecule has 0 bridgehead atoms. The van der Waals surface area contributed by atoms with Crippen LogP contribution in [-0.4, -0.2) is 53.2 Å². The van der Waals surface area contributed by atoms with E-state index in [1.165, 1.54) is 12.1 Å². The highest BCUT2D eigenvalue weighted by Crippen LogP contribution is 2.23. The molecule has 184 valence electrons. The van der Waals surface area contributed by atoms with Crippen LogP contribution in [0.1, 0.15) is 35.3 Å². The van der Waals surface area contributed by atoms with Crippen LogP contribution in [-0.2, 0) is 17.9 Å². The number of anilines is 1. The van der Waals surface area contributed by atoms with Crippen molar-refractivity contribution in [1.82, 2.24) is 9.88 Å². The smallest absolute Gasteiger partial charge is 0.342 e. The van der Waals surface area contributed by atoms with Crippen molar-refractivity contribution in [3.63, 3.8) is 0 Å². The molecule has 0 saturated carbocycles. The molecule has 1 saturated heterocycles. The Kier molecular flexibility index (Phi) is 7.82. The Morgan fingerprint density at radius 2 is 1.86 bits per heavy atom. The number of benzene rings is 2. The molecular weight excluding hydrogens is 449 g/mol. The van der Waals surface area contributed by atoms with Gasteiger partial charge in [0, 0.05) is 38.9 Å². The van der Waals surface area contributed by atoms with Crippen LogP contribution in [0.4, 0.5) is 10.2 Å². The summed E-state index contributed by atoms with van der Waals surface area (Å²) in [6.45, 7) is 7.84. The first-order valence-corrected chi connectivity index (χ1v) is 11.7.